The lowest BCUT2D eigenvalue weighted by atomic mass is 10.1. The molecule has 1 aliphatic heterocycles. The molecule has 0 unspecified atom stereocenters. The lowest BCUT2D eigenvalue weighted by Gasteiger charge is -2.29. The number of nitrogens with zero attached hydrogens (tertiary/aromatic N) is 2. The molecular weight excluding hydrogens is 646 g/mol. The molecule has 5 aromatic rings. The summed E-state index contributed by atoms with van der Waals surface area (Å²) in [6, 6.07) is 26.4. The molecule has 0 aliphatic carbocycles. The van der Waals surface area contributed by atoms with Crippen LogP contribution in [-0.2, 0) is 6.54 Å². The molecule has 2 heterocycles. The number of para-hydroxylation sites is 1. The van der Waals surface area contributed by atoms with Crippen LogP contribution in [0, 0.1) is 0 Å². The molecule has 51 heavy (non-hydrogen) atoms. The van der Waals surface area contributed by atoms with Crippen molar-refractivity contribution in [3.63, 3.8) is 0 Å². The third-order valence-electron chi connectivity index (χ3n) is 9.28. The maximum Gasteiger partial charge on any atom is 0.339 e. The van der Waals surface area contributed by atoms with Crippen LogP contribution in [0.2, 0.25) is 0 Å². The largest absolute Gasteiger partial charge is 0.478 e. The van der Waals surface area contributed by atoms with Gasteiger partial charge in [-0.15, -0.1) is 0 Å². The van der Waals surface area contributed by atoms with Gasteiger partial charge in [-0.3, -0.25) is 9.69 Å². The first-order chi connectivity index (χ1) is 24.7. The number of aliphatic hydroxyl groups excluding tert-OH is 1. The zero-order valence-electron chi connectivity index (χ0n) is 28.8. The van der Waals surface area contributed by atoms with Crippen LogP contribution in [0.3, 0.4) is 0 Å². The molecule has 264 valence electrons. The van der Waals surface area contributed by atoms with Crippen LogP contribution in [0.1, 0.15) is 65.8 Å². The van der Waals surface area contributed by atoms with Crippen LogP contribution in [0.25, 0.3) is 16.6 Å². The van der Waals surface area contributed by atoms with E-state index >= 15 is 0 Å². The Morgan fingerprint density at radius 2 is 1.55 bits per heavy atom. The van der Waals surface area contributed by atoms with Crippen LogP contribution in [0.4, 0.5) is 16.2 Å². The summed E-state index contributed by atoms with van der Waals surface area (Å²) in [4.78, 5) is 39.9. The number of urea groups is 1. The number of hydrogen-bond acceptors (Lipinski definition) is 6. The number of hydrogen-bond donors (Lipinski definition) is 5. The van der Waals surface area contributed by atoms with E-state index in [1.165, 1.54) is 23.1 Å². The molecule has 1 aliphatic rings. The number of likely N-dealkylation sites (tertiary alicyclic amines) is 1. The van der Waals surface area contributed by atoms with E-state index in [1.54, 1.807) is 42.5 Å². The number of carboxylic acid groups (broad SMARTS) is 1. The number of carboxylic acids is 1. The van der Waals surface area contributed by atoms with E-state index in [-0.39, 0.29) is 29.4 Å². The predicted octanol–water partition coefficient (Wildman–Crippen LogP) is 7.64. The van der Waals surface area contributed by atoms with Gasteiger partial charge in [0.1, 0.15) is 17.1 Å². The molecule has 0 atom stereocenters. The minimum absolute atomic E-state index is 0.0256. The quantitative estimate of drug-likeness (QED) is 0.0905. The minimum Gasteiger partial charge on any atom is -0.478 e. The molecular formula is C40H43N5O6. The number of nitrogens with one attached hydrogen (secondary N) is 3. The molecule has 11 heteroatoms. The number of carbonyl (C=O) groups excluding carboxylic acids is 2. The third-order valence-corrected chi connectivity index (χ3v) is 9.28. The first-order valence-electron chi connectivity index (χ1n) is 17.3. The zero-order chi connectivity index (χ0) is 35.9. The third kappa shape index (κ3) is 8.57. The number of carbonyl (C=O) groups is 3. The van der Waals surface area contributed by atoms with E-state index in [4.69, 9.17) is 4.74 Å². The van der Waals surface area contributed by atoms with E-state index in [1.807, 2.05) is 38.1 Å². The predicted molar refractivity (Wildman–Crippen MR) is 198 cm³/mol. The average molecular weight is 690 g/mol. The van der Waals surface area contributed by atoms with Gasteiger partial charge < -0.3 is 35.5 Å². The van der Waals surface area contributed by atoms with Crippen LogP contribution >= 0.6 is 0 Å². The highest BCUT2D eigenvalue weighted by Gasteiger charge is 2.20. The van der Waals surface area contributed by atoms with Gasteiger partial charge in [0.15, 0.2) is 0 Å². The molecule has 1 saturated heterocycles. The molecule has 1 aromatic heterocycles. The molecule has 0 bridgehead atoms. The molecule has 6 rings (SSSR count). The smallest absolute Gasteiger partial charge is 0.339 e. The van der Waals surface area contributed by atoms with Gasteiger partial charge in [-0.2, -0.15) is 0 Å². The average Bonchev–Trinajstić information content (AvgIpc) is 3.51. The number of amides is 3. The minimum atomic E-state index is -1.20. The van der Waals surface area contributed by atoms with Gasteiger partial charge in [-0.05, 0) is 104 Å². The Bertz CT molecular complexity index is 1990. The SMILES string of the molecule is CCC(CC)NC(=O)Nc1ccc(Oc2ccc(NC(=O)c3ccc(-n4cc(CN5CCC(O)CC5)c5ccccc54)cc3)cc2)c(C(=O)O)c1. The second-order valence-corrected chi connectivity index (χ2v) is 12.8. The molecule has 1 fully saturated rings. The number of rotatable bonds is 12. The van der Waals surface area contributed by atoms with Crippen LogP contribution in [-0.4, -0.2) is 62.8 Å². The lowest BCUT2D eigenvalue weighted by molar-refractivity contribution is 0.0693. The number of benzene rings is 4. The highest BCUT2D eigenvalue weighted by atomic mass is 16.5. The summed E-state index contributed by atoms with van der Waals surface area (Å²) in [7, 11) is 0. The molecule has 0 spiro atoms. The maximum atomic E-state index is 13.1. The number of aliphatic hydroxyl groups is 1. The maximum absolute atomic E-state index is 13.1. The van der Waals surface area contributed by atoms with Crippen molar-refractivity contribution in [2.75, 3.05) is 23.7 Å². The van der Waals surface area contributed by atoms with Gasteiger partial charge in [0.05, 0.1) is 11.6 Å². The topological polar surface area (TPSA) is 145 Å². The highest BCUT2D eigenvalue weighted by Crippen LogP contribution is 2.30. The Morgan fingerprint density at radius 3 is 2.24 bits per heavy atom. The molecule has 11 nitrogen and oxygen atoms in total. The summed E-state index contributed by atoms with van der Waals surface area (Å²) in [5.41, 5.74) is 4.52. The van der Waals surface area contributed by atoms with Gasteiger partial charge in [0.2, 0.25) is 0 Å². The molecule has 3 amide bonds. The van der Waals surface area contributed by atoms with E-state index in [0.717, 1.165) is 56.5 Å². The number of ether oxygens (including phenoxy) is 1. The fourth-order valence-electron chi connectivity index (χ4n) is 6.33. The van der Waals surface area contributed by atoms with Crippen molar-refractivity contribution in [2.45, 2.75) is 58.2 Å². The first kappa shape index (κ1) is 35.2. The molecule has 0 saturated carbocycles. The van der Waals surface area contributed by atoms with Crippen molar-refractivity contribution in [1.29, 1.82) is 0 Å². The summed E-state index contributed by atoms with van der Waals surface area (Å²) >= 11 is 0. The molecule has 4 aromatic carbocycles. The summed E-state index contributed by atoms with van der Waals surface area (Å²) in [5.74, 6) is -0.985. The van der Waals surface area contributed by atoms with Gasteiger partial charge in [0.25, 0.3) is 5.91 Å². The van der Waals surface area contributed by atoms with Crippen molar-refractivity contribution in [3.05, 3.63) is 114 Å². The lowest BCUT2D eigenvalue weighted by Crippen LogP contribution is -2.37. The van der Waals surface area contributed by atoms with Crippen molar-refractivity contribution >= 4 is 40.2 Å². The van der Waals surface area contributed by atoms with Gasteiger partial charge >= 0.3 is 12.0 Å². The first-order valence-corrected chi connectivity index (χ1v) is 17.3. The van der Waals surface area contributed by atoms with Crippen molar-refractivity contribution < 1.29 is 29.3 Å². The molecule has 5 N–H and O–H groups in total. The van der Waals surface area contributed by atoms with Gasteiger partial charge in [0, 0.05) is 59.9 Å². The fraction of sp³-hybridized carbons (Fsp3) is 0.275. The van der Waals surface area contributed by atoms with E-state index in [9.17, 15) is 24.6 Å². The number of piperidine rings is 1. The summed E-state index contributed by atoms with van der Waals surface area (Å²) < 4.78 is 8.02. The van der Waals surface area contributed by atoms with Crippen molar-refractivity contribution in [3.8, 4) is 17.2 Å². The van der Waals surface area contributed by atoms with Crippen LogP contribution in [0.15, 0.2) is 97.2 Å². The Kier molecular flexibility index (Phi) is 11.0. The molecule has 0 radical (unpaired) electrons. The highest BCUT2D eigenvalue weighted by molar-refractivity contribution is 6.04. The number of aromatic nitrogens is 1. The van der Waals surface area contributed by atoms with Crippen LogP contribution < -0.4 is 20.7 Å². The van der Waals surface area contributed by atoms with Gasteiger partial charge in [-0.25, -0.2) is 9.59 Å². The zero-order valence-corrected chi connectivity index (χ0v) is 28.8. The van der Waals surface area contributed by atoms with Crippen molar-refractivity contribution in [1.82, 2.24) is 14.8 Å². The Balaban J connectivity index is 1.09. The van der Waals surface area contributed by atoms with E-state index in [0.29, 0.717) is 22.7 Å². The monoisotopic (exact) mass is 689 g/mol. The number of anilines is 2. The van der Waals surface area contributed by atoms with E-state index < -0.39 is 12.0 Å². The van der Waals surface area contributed by atoms with Gasteiger partial charge in [-0.1, -0.05) is 32.0 Å². The second-order valence-electron chi connectivity index (χ2n) is 12.8. The summed E-state index contributed by atoms with van der Waals surface area (Å²) in [5, 5.41) is 29.3. The summed E-state index contributed by atoms with van der Waals surface area (Å²) in [6.45, 7) is 6.52. The fourth-order valence-corrected chi connectivity index (χ4v) is 6.33. The number of aromatic carboxylic acids is 1. The van der Waals surface area contributed by atoms with Crippen molar-refractivity contribution in [2.24, 2.45) is 0 Å². The second kappa shape index (κ2) is 15.9. The van der Waals surface area contributed by atoms with Crippen LogP contribution in [0.5, 0.6) is 11.5 Å². The van der Waals surface area contributed by atoms with E-state index in [2.05, 4.69) is 43.7 Å². The normalized spacial score (nSPS) is 13.6. The summed E-state index contributed by atoms with van der Waals surface area (Å²) in [6.07, 6.45) is 5.11. The Labute approximate surface area is 296 Å². The standard InChI is InChI=1S/C40H43N5O6/c1-3-28(4-2)42-40(50)43-30-13-18-37(35(23-30)39(48)49)51-33-16-11-29(12-17-33)41-38(47)26-9-14-31(15-10-26)45-25-27(34-7-5-6-8-36(34)45)24-44-21-19-32(46)20-22-44/h5-18,23,25,28,32,46H,3-4,19-22,24H2,1-2H3,(H,41,47)(H,48,49)(H2,42,43,50). The Morgan fingerprint density at radius 1 is 0.863 bits per heavy atom. The number of fused-ring (bicyclic) bond motifs is 1. The Hall–Kier alpha value is -5.65.